The van der Waals surface area contributed by atoms with Crippen molar-refractivity contribution in [1.82, 2.24) is 9.69 Å². The molecule has 3 aromatic rings. The van der Waals surface area contributed by atoms with Crippen LogP contribution in [-0.2, 0) is 4.79 Å². The molecule has 5 N–H and O–H groups in total. The molecule has 11 heteroatoms. The van der Waals surface area contributed by atoms with Crippen molar-refractivity contribution in [3.05, 3.63) is 70.5 Å². The molecule has 188 valence electrons. The van der Waals surface area contributed by atoms with Crippen LogP contribution in [0.4, 0.5) is 15.8 Å². The van der Waals surface area contributed by atoms with E-state index in [-0.39, 0.29) is 22.3 Å². The minimum Gasteiger partial charge on any atom is -0.497 e. The van der Waals surface area contributed by atoms with Crippen molar-refractivity contribution in [3.63, 3.8) is 0 Å². The van der Waals surface area contributed by atoms with E-state index in [4.69, 9.17) is 16.2 Å². The predicted octanol–water partition coefficient (Wildman–Crippen LogP) is 3.42. The fourth-order valence-electron chi connectivity index (χ4n) is 4.28. The number of methoxy groups -OCH3 is 1. The van der Waals surface area contributed by atoms with Crippen LogP contribution in [0.1, 0.15) is 57.4 Å². The smallest absolute Gasteiger partial charge is 0.273 e. The molecule has 9 nitrogen and oxygen atoms in total. The summed E-state index contributed by atoms with van der Waals surface area (Å²) >= 11 is 0.719. The lowest BCUT2D eigenvalue weighted by Crippen LogP contribution is -2.46. The van der Waals surface area contributed by atoms with Gasteiger partial charge >= 0.3 is 0 Å². The molecule has 1 aromatic heterocycles. The molecule has 0 spiro atoms. The Labute approximate surface area is 211 Å². The monoisotopic (exact) mass is 511 g/mol. The molecule has 1 aliphatic rings. The third kappa shape index (κ3) is 5.15. The van der Waals surface area contributed by atoms with Crippen molar-refractivity contribution in [1.29, 1.82) is 0 Å². The number of ether oxygens (including phenoxy) is 1. The van der Waals surface area contributed by atoms with Crippen LogP contribution in [-0.4, -0.2) is 35.2 Å². The highest BCUT2D eigenvalue weighted by atomic mass is 32.1. The van der Waals surface area contributed by atoms with Crippen LogP contribution in [0.5, 0.6) is 5.75 Å². The summed E-state index contributed by atoms with van der Waals surface area (Å²) in [6, 6.07) is 10.8. The van der Waals surface area contributed by atoms with Crippen LogP contribution in [0.2, 0.25) is 0 Å². The molecule has 0 aliphatic heterocycles. The maximum absolute atomic E-state index is 14.0. The number of halogens is 1. The number of nitrogens with zero attached hydrogens (tertiary/aromatic N) is 2. The van der Waals surface area contributed by atoms with Gasteiger partial charge in [0.25, 0.3) is 11.8 Å². The number of anilines is 2. The summed E-state index contributed by atoms with van der Waals surface area (Å²) in [5, 5.41) is 3.04. The van der Waals surface area contributed by atoms with Crippen LogP contribution in [0.15, 0.2) is 48.5 Å². The molecule has 0 bridgehead atoms. The van der Waals surface area contributed by atoms with Gasteiger partial charge in [-0.15, -0.1) is 0 Å². The number of primary amides is 1. The van der Waals surface area contributed by atoms with Crippen molar-refractivity contribution in [2.45, 2.75) is 37.8 Å². The number of hydrogen-bond donors (Lipinski definition) is 3. The van der Waals surface area contributed by atoms with Gasteiger partial charge in [-0.3, -0.25) is 19.3 Å². The van der Waals surface area contributed by atoms with Crippen LogP contribution in [0.3, 0.4) is 0 Å². The maximum atomic E-state index is 14.0. The lowest BCUT2D eigenvalue weighted by atomic mass is 10.0. The number of hydrogen-bond acceptors (Lipinski definition) is 7. The molecule has 1 saturated carbocycles. The Morgan fingerprint density at radius 3 is 2.31 bits per heavy atom. The summed E-state index contributed by atoms with van der Waals surface area (Å²) in [5.41, 5.74) is 11.8. The van der Waals surface area contributed by atoms with Crippen LogP contribution < -0.4 is 26.4 Å². The average Bonchev–Trinajstić information content (AvgIpc) is 3.52. The van der Waals surface area contributed by atoms with Crippen molar-refractivity contribution < 1.29 is 23.5 Å². The normalized spacial score (nSPS) is 14.3. The molecular weight excluding hydrogens is 485 g/mol. The summed E-state index contributed by atoms with van der Waals surface area (Å²) in [6.45, 7) is 0. The zero-order valence-electron chi connectivity index (χ0n) is 19.6. The first-order chi connectivity index (χ1) is 17.3. The van der Waals surface area contributed by atoms with Gasteiger partial charge in [0, 0.05) is 11.7 Å². The molecule has 0 radical (unpaired) electrons. The molecule has 1 atom stereocenters. The number of nitrogen functional groups attached to an aromatic ring is 1. The Kier molecular flexibility index (Phi) is 7.49. The van der Waals surface area contributed by atoms with E-state index >= 15 is 0 Å². The van der Waals surface area contributed by atoms with E-state index in [1.807, 2.05) is 0 Å². The topological polar surface area (TPSA) is 141 Å². The Balaban J connectivity index is 1.84. The highest BCUT2D eigenvalue weighted by molar-refractivity contribution is 7.09. The second-order valence-electron chi connectivity index (χ2n) is 8.46. The zero-order chi connectivity index (χ0) is 25.8. The number of carbonyl (C=O) groups excluding carboxylic acids is 3. The molecule has 4 rings (SSSR count). The number of carbonyl (C=O) groups is 3. The minimum absolute atomic E-state index is 0.0248. The van der Waals surface area contributed by atoms with Crippen molar-refractivity contribution >= 4 is 40.6 Å². The highest BCUT2D eigenvalue weighted by Crippen LogP contribution is 2.34. The fourth-order valence-corrected chi connectivity index (χ4v) is 5.02. The maximum Gasteiger partial charge on any atom is 0.273 e. The molecular formula is C25H26FN5O4S. The van der Waals surface area contributed by atoms with E-state index in [1.165, 1.54) is 36.3 Å². The number of nitrogens with one attached hydrogen (secondary N) is 1. The van der Waals surface area contributed by atoms with E-state index < -0.39 is 29.6 Å². The molecule has 1 fully saturated rings. The first-order valence-corrected chi connectivity index (χ1v) is 12.2. The average molecular weight is 512 g/mol. The van der Waals surface area contributed by atoms with Gasteiger partial charge in [-0.1, -0.05) is 25.0 Å². The highest BCUT2D eigenvalue weighted by Gasteiger charge is 2.37. The van der Waals surface area contributed by atoms with E-state index in [0.717, 1.165) is 37.2 Å². The van der Waals surface area contributed by atoms with Crippen LogP contribution in [0, 0.1) is 5.82 Å². The van der Waals surface area contributed by atoms with E-state index in [2.05, 4.69) is 9.69 Å². The standard InChI is InChI=1S/C25H26FN5O4S/c1-35-18-12-10-17(11-13-18)31(25(34)22-19(27)20(23(28)32)30-36-22)21(14-6-8-15(26)9-7-14)24(33)29-16-4-2-3-5-16/h6-13,16,21H,2-5,27H2,1H3,(H2,28,32)(H,29,33)/t21-/m1/s1. The van der Waals surface area contributed by atoms with Crippen LogP contribution >= 0.6 is 11.5 Å². The first-order valence-electron chi connectivity index (χ1n) is 11.4. The van der Waals surface area contributed by atoms with Gasteiger partial charge in [-0.25, -0.2) is 4.39 Å². The molecule has 1 aliphatic carbocycles. The van der Waals surface area contributed by atoms with Gasteiger partial charge in [-0.2, -0.15) is 4.37 Å². The van der Waals surface area contributed by atoms with Crippen molar-refractivity contribution in [3.8, 4) is 5.75 Å². The third-order valence-corrected chi connectivity index (χ3v) is 6.97. The molecule has 3 amide bonds. The van der Waals surface area contributed by atoms with Gasteiger partial charge in [0.05, 0.1) is 12.8 Å². The van der Waals surface area contributed by atoms with Gasteiger partial charge in [0.1, 0.15) is 22.5 Å². The predicted molar refractivity (Wildman–Crippen MR) is 134 cm³/mol. The second-order valence-corrected chi connectivity index (χ2v) is 9.23. The van der Waals surface area contributed by atoms with Gasteiger partial charge in [0.2, 0.25) is 5.91 Å². The molecule has 1 heterocycles. The number of benzene rings is 2. The number of nitrogens with two attached hydrogens (primary N) is 2. The summed E-state index contributed by atoms with van der Waals surface area (Å²) in [4.78, 5) is 40.6. The molecule has 36 heavy (non-hydrogen) atoms. The minimum atomic E-state index is -1.16. The summed E-state index contributed by atoms with van der Waals surface area (Å²) < 4.78 is 22.9. The molecule has 2 aromatic carbocycles. The Bertz CT molecular complexity index is 1260. The van der Waals surface area contributed by atoms with Crippen molar-refractivity contribution in [2.75, 3.05) is 17.7 Å². The SMILES string of the molecule is COc1ccc(N(C(=O)c2snc(C(N)=O)c2N)[C@@H](C(=O)NC2CCCC2)c2ccc(F)cc2)cc1. The second kappa shape index (κ2) is 10.7. The van der Waals surface area contributed by atoms with E-state index in [0.29, 0.717) is 17.0 Å². The Morgan fingerprint density at radius 1 is 1.11 bits per heavy atom. The van der Waals surface area contributed by atoms with E-state index in [1.54, 1.807) is 24.3 Å². The lowest BCUT2D eigenvalue weighted by Gasteiger charge is -2.32. The quantitative estimate of drug-likeness (QED) is 0.423. The van der Waals surface area contributed by atoms with E-state index in [9.17, 15) is 18.8 Å². The fraction of sp³-hybridized carbons (Fsp3) is 0.280. The summed E-state index contributed by atoms with van der Waals surface area (Å²) in [6.07, 6.45) is 3.67. The van der Waals surface area contributed by atoms with Crippen molar-refractivity contribution in [2.24, 2.45) is 5.73 Å². The Hall–Kier alpha value is -3.99. The van der Waals surface area contributed by atoms with Gasteiger partial charge < -0.3 is 21.5 Å². The lowest BCUT2D eigenvalue weighted by molar-refractivity contribution is -0.123. The molecule has 0 saturated heterocycles. The summed E-state index contributed by atoms with van der Waals surface area (Å²) in [7, 11) is 1.51. The van der Waals surface area contributed by atoms with Gasteiger partial charge in [-0.05, 0) is 66.3 Å². The number of aromatic nitrogens is 1. The van der Waals surface area contributed by atoms with Crippen LogP contribution in [0.25, 0.3) is 0 Å². The Morgan fingerprint density at radius 2 is 1.75 bits per heavy atom. The first kappa shape index (κ1) is 25.1. The molecule has 0 unspecified atom stereocenters. The van der Waals surface area contributed by atoms with Gasteiger partial charge in [0.15, 0.2) is 5.69 Å². The zero-order valence-corrected chi connectivity index (χ0v) is 20.4. The largest absolute Gasteiger partial charge is 0.497 e. The number of amides is 3. The summed E-state index contributed by atoms with van der Waals surface area (Å²) in [5.74, 6) is -1.87. The third-order valence-electron chi connectivity index (χ3n) is 6.12. The number of rotatable bonds is 8.